The summed E-state index contributed by atoms with van der Waals surface area (Å²) in [5.41, 5.74) is 18.8. The molecule has 0 amide bonds. The summed E-state index contributed by atoms with van der Waals surface area (Å²) in [6, 6.07) is 60.0. The maximum absolute atomic E-state index is 2.45. The Morgan fingerprint density at radius 3 is 1.41 bits per heavy atom. The number of fused-ring (bicyclic) bond motifs is 6. The number of rotatable bonds is 4. The topological polar surface area (TPSA) is 0 Å². The lowest BCUT2D eigenvalue weighted by Crippen LogP contribution is -2.25. The van der Waals surface area contributed by atoms with Gasteiger partial charge in [0, 0.05) is 11.3 Å². The minimum Gasteiger partial charge on any atom is -0.0796 e. The van der Waals surface area contributed by atoms with Crippen LogP contribution in [0.15, 0.2) is 182 Å². The van der Waals surface area contributed by atoms with Gasteiger partial charge >= 0.3 is 0 Å². The molecule has 12 rings (SSSR count). The first kappa shape index (κ1) is 33.6. The van der Waals surface area contributed by atoms with E-state index in [0.29, 0.717) is 11.8 Å². The molecule has 0 nitrogen and oxygen atoms in total. The number of benzene rings is 9. The zero-order chi connectivity index (χ0) is 38.9. The molecule has 0 aliphatic heterocycles. The average Bonchev–Trinajstić information content (AvgIpc) is 3.65. The molecule has 0 aromatic heterocycles. The second-order valence-corrected chi connectivity index (χ2v) is 18.0. The molecule has 276 valence electrons. The minimum atomic E-state index is -0.104. The summed E-state index contributed by atoms with van der Waals surface area (Å²) in [4.78, 5) is 0. The van der Waals surface area contributed by atoms with E-state index >= 15 is 0 Å². The average molecular weight is 741 g/mol. The highest BCUT2D eigenvalue weighted by molar-refractivity contribution is 6.28. The van der Waals surface area contributed by atoms with Gasteiger partial charge in [0.1, 0.15) is 0 Å². The van der Waals surface area contributed by atoms with Gasteiger partial charge < -0.3 is 0 Å². The van der Waals surface area contributed by atoms with Crippen molar-refractivity contribution in [3.05, 3.63) is 204 Å². The van der Waals surface area contributed by atoms with Crippen LogP contribution < -0.4 is 0 Å². The van der Waals surface area contributed by atoms with Crippen LogP contribution in [0.4, 0.5) is 0 Å². The van der Waals surface area contributed by atoms with Gasteiger partial charge in [-0.2, -0.15) is 0 Å². The van der Waals surface area contributed by atoms with E-state index in [0.717, 1.165) is 0 Å². The smallest absolute Gasteiger partial charge is 0.0165 e. The lowest BCUT2D eigenvalue weighted by Gasteiger charge is -2.30. The normalized spacial score (nSPS) is 18.1. The largest absolute Gasteiger partial charge is 0.0796 e. The quantitative estimate of drug-likeness (QED) is 0.158. The molecule has 0 saturated carbocycles. The number of allylic oxidation sites excluding steroid dienone is 4. The van der Waals surface area contributed by atoms with Gasteiger partial charge in [-0.25, -0.2) is 0 Å². The van der Waals surface area contributed by atoms with Crippen molar-refractivity contribution in [2.24, 2.45) is 5.92 Å². The first-order chi connectivity index (χ1) is 28.3. The molecule has 58 heavy (non-hydrogen) atoms. The zero-order valence-electron chi connectivity index (χ0n) is 33.5. The molecule has 3 aliphatic rings. The fourth-order valence-corrected chi connectivity index (χ4v) is 11.8. The molecule has 0 spiro atoms. The molecular formula is C58H44. The highest BCUT2D eigenvalue weighted by Crippen LogP contribution is 2.57. The molecule has 9 aromatic carbocycles. The number of hydrogen-bond acceptors (Lipinski definition) is 0. The molecule has 9 aromatic rings. The van der Waals surface area contributed by atoms with Crippen molar-refractivity contribution in [1.29, 1.82) is 0 Å². The van der Waals surface area contributed by atoms with Crippen molar-refractivity contribution in [2.75, 3.05) is 0 Å². The van der Waals surface area contributed by atoms with Crippen LogP contribution in [0.3, 0.4) is 0 Å². The van der Waals surface area contributed by atoms with Gasteiger partial charge in [0.15, 0.2) is 0 Å². The fourth-order valence-electron chi connectivity index (χ4n) is 11.8. The van der Waals surface area contributed by atoms with E-state index in [-0.39, 0.29) is 10.8 Å². The van der Waals surface area contributed by atoms with Crippen LogP contribution in [-0.2, 0) is 10.8 Å². The lowest BCUT2D eigenvalue weighted by atomic mass is 9.73. The maximum Gasteiger partial charge on any atom is 0.0165 e. The van der Waals surface area contributed by atoms with Gasteiger partial charge in [0.25, 0.3) is 0 Å². The highest BCUT2D eigenvalue weighted by atomic mass is 14.5. The van der Waals surface area contributed by atoms with E-state index in [2.05, 4.69) is 210 Å². The summed E-state index contributed by atoms with van der Waals surface area (Å²) in [6.07, 6.45) is 9.31. The predicted octanol–water partition coefficient (Wildman–Crippen LogP) is 15.7. The van der Waals surface area contributed by atoms with Crippen LogP contribution in [0.2, 0.25) is 0 Å². The second-order valence-electron chi connectivity index (χ2n) is 18.0. The first-order valence-electron chi connectivity index (χ1n) is 20.9. The molecule has 0 heteroatoms. The fraction of sp³-hybridized carbons (Fsp3) is 0.138. The van der Waals surface area contributed by atoms with Crippen LogP contribution in [0, 0.1) is 5.92 Å². The molecule has 0 saturated heterocycles. The van der Waals surface area contributed by atoms with Crippen LogP contribution in [0.1, 0.15) is 55.9 Å². The van der Waals surface area contributed by atoms with Crippen molar-refractivity contribution in [3.8, 4) is 55.6 Å². The van der Waals surface area contributed by atoms with Gasteiger partial charge in [-0.15, -0.1) is 0 Å². The maximum atomic E-state index is 2.45. The Labute approximate surface area is 341 Å². The van der Waals surface area contributed by atoms with Crippen molar-refractivity contribution in [1.82, 2.24) is 0 Å². The van der Waals surface area contributed by atoms with Gasteiger partial charge in [0.05, 0.1) is 0 Å². The third kappa shape index (κ3) is 4.46. The van der Waals surface area contributed by atoms with Crippen LogP contribution in [0.5, 0.6) is 0 Å². The lowest BCUT2D eigenvalue weighted by molar-refractivity contribution is 0.395. The molecule has 2 unspecified atom stereocenters. The molecule has 0 bridgehead atoms. The minimum absolute atomic E-state index is 0.0138. The van der Waals surface area contributed by atoms with Crippen molar-refractivity contribution >= 4 is 32.3 Å². The van der Waals surface area contributed by atoms with Crippen LogP contribution >= 0.6 is 0 Å². The third-order valence-electron chi connectivity index (χ3n) is 14.3. The van der Waals surface area contributed by atoms with Crippen molar-refractivity contribution < 1.29 is 0 Å². The standard InChI is InChI=1S/C58H44/c1-57(2)51-25-11-9-19-43(51)49-23-13-21-47(55(49)57)39-17-7-5-15-37(39)41-31-27-35-30-34-46-42(32-28-36-29-33-45(41)53(35)54(36)46)38-16-6-8-18-40(38)48-22-14-24-50-44-20-10-12-26-52(44)58(3,4)56(48)50/h5-34,43,51H,1-4H3. The SMILES string of the molecule is CC1(C)c2ccccc2-c2cccc(-c3ccccc3-c3ccc4ccc5c(-c6ccccc6-c6cccc7c6C(C)(C)C6C=CC=CC76)ccc6ccc3c4c65)c21. The third-order valence-corrected chi connectivity index (χ3v) is 14.3. The Bertz CT molecular complexity index is 3240. The zero-order valence-corrected chi connectivity index (χ0v) is 33.5. The molecule has 0 N–H and O–H groups in total. The van der Waals surface area contributed by atoms with E-state index in [9.17, 15) is 0 Å². The van der Waals surface area contributed by atoms with Gasteiger partial charge in [0.2, 0.25) is 0 Å². The Morgan fingerprint density at radius 2 is 0.810 bits per heavy atom. The number of hydrogen-bond donors (Lipinski definition) is 0. The Kier molecular flexibility index (Phi) is 6.96. The van der Waals surface area contributed by atoms with E-state index in [1.165, 1.54) is 110 Å². The summed E-state index contributed by atoms with van der Waals surface area (Å²) >= 11 is 0. The Balaban J connectivity index is 1.06. The van der Waals surface area contributed by atoms with Gasteiger partial charge in [-0.3, -0.25) is 0 Å². The molecule has 0 heterocycles. The summed E-state index contributed by atoms with van der Waals surface area (Å²) in [5, 5.41) is 7.86. The summed E-state index contributed by atoms with van der Waals surface area (Å²) in [5.74, 6) is 0.877. The summed E-state index contributed by atoms with van der Waals surface area (Å²) < 4.78 is 0. The molecule has 0 radical (unpaired) electrons. The summed E-state index contributed by atoms with van der Waals surface area (Å²) in [7, 11) is 0. The van der Waals surface area contributed by atoms with E-state index in [1.807, 2.05) is 0 Å². The molecular weight excluding hydrogens is 697 g/mol. The monoisotopic (exact) mass is 740 g/mol. The first-order valence-corrected chi connectivity index (χ1v) is 20.9. The molecule has 0 fully saturated rings. The Morgan fingerprint density at radius 1 is 0.362 bits per heavy atom. The highest BCUT2D eigenvalue weighted by Gasteiger charge is 2.46. The van der Waals surface area contributed by atoms with Crippen molar-refractivity contribution in [3.63, 3.8) is 0 Å². The van der Waals surface area contributed by atoms with Gasteiger partial charge in [-0.1, -0.05) is 210 Å². The van der Waals surface area contributed by atoms with Crippen molar-refractivity contribution in [2.45, 2.75) is 44.4 Å². The van der Waals surface area contributed by atoms with Gasteiger partial charge in [-0.05, 0) is 122 Å². The molecule has 2 atom stereocenters. The summed E-state index contributed by atoms with van der Waals surface area (Å²) in [6.45, 7) is 9.68. The van der Waals surface area contributed by atoms with Crippen LogP contribution in [-0.4, -0.2) is 0 Å². The predicted molar refractivity (Wildman–Crippen MR) is 247 cm³/mol. The van der Waals surface area contributed by atoms with E-state index in [4.69, 9.17) is 0 Å². The Hall–Kier alpha value is -6.50. The van der Waals surface area contributed by atoms with Crippen LogP contribution in [0.25, 0.3) is 88.0 Å². The second kappa shape index (κ2) is 12.0. The van der Waals surface area contributed by atoms with E-state index in [1.54, 1.807) is 0 Å². The van der Waals surface area contributed by atoms with E-state index < -0.39 is 0 Å². The molecule has 3 aliphatic carbocycles.